The molecule has 2 aromatic heterocycles. The van der Waals surface area contributed by atoms with Crippen molar-refractivity contribution in [2.45, 2.75) is 111 Å². The van der Waals surface area contributed by atoms with Crippen LogP contribution in [0.5, 0.6) is 0 Å². The number of benzene rings is 6. The third-order valence-corrected chi connectivity index (χ3v) is 12.1. The fraction of sp³-hybridized carbons (Fsp3) is 0.321. The van der Waals surface area contributed by atoms with Gasteiger partial charge in [-0.3, -0.25) is 0 Å². The van der Waals surface area contributed by atoms with Crippen LogP contribution >= 0.6 is 0 Å². The minimum Gasteiger partial charge on any atom is -0.307 e. The van der Waals surface area contributed by atoms with Crippen molar-refractivity contribution in [1.29, 1.82) is 0 Å². The van der Waals surface area contributed by atoms with Gasteiger partial charge in [-0.15, -0.1) is 0 Å². The standard InChI is InChI=1S/C53H53F5N2/c1-49(2,3)30-16-20-42-34(24-30)35-25-31(50(4,5)6)17-21-43(35)59(42)46-28-38(48-40(54)14-13-15-41(48)55)39(53(56,57)58)29-47(46)60-44-22-18-32(51(7,8)9)26-36(44)37-27-33(52(10,11)12)19-23-45(37)60/h13-29H,1-12H3. The van der Waals surface area contributed by atoms with Crippen molar-refractivity contribution in [3.05, 3.63) is 143 Å². The molecule has 0 atom stereocenters. The number of aromatic nitrogens is 2. The lowest BCUT2D eigenvalue weighted by Crippen LogP contribution is -2.13. The van der Waals surface area contributed by atoms with Crippen molar-refractivity contribution in [3.8, 4) is 22.5 Å². The van der Waals surface area contributed by atoms with Crippen LogP contribution in [0.2, 0.25) is 0 Å². The van der Waals surface area contributed by atoms with Crippen LogP contribution in [0.3, 0.4) is 0 Å². The van der Waals surface area contributed by atoms with Crippen LogP contribution in [-0.2, 0) is 27.8 Å². The van der Waals surface area contributed by atoms with Crippen molar-refractivity contribution < 1.29 is 22.0 Å². The van der Waals surface area contributed by atoms with Crippen LogP contribution in [0.4, 0.5) is 22.0 Å². The zero-order valence-electron chi connectivity index (χ0n) is 36.6. The molecule has 0 amide bonds. The Morgan fingerprint density at radius 3 is 0.967 bits per heavy atom. The second-order valence-corrected chi connectivity index (χ2v) is 20.6. The van der Waals surface area contributed by atoms with Crippen molar-refractivity contribution in [3.63, 3.8) is 0 Å². The fourth-order valence-corrected chi connectivity index (χ4v) is 8.56. The lowest BCUT2D eigenvalue weighted by atomic mass is 9.85. The molecular weight excluding hydrogens is 760 g/mol. The number of hydrogen-bond acceptors (Lipinski definition) is 0. The lowest BCUT2D eigenvalue weighted by Gasteiger charge is -2.23. The van der Waals surface area contributed by atoms with Gasteiger partial charge in [0.25, 0.3) is 0 Å². The van der Waals surface area contributed by atoms with Gasteiger partial charge >= 0.3 is 6.18 Å². The van der Waals surface area contributed by atoms with E-state index in [0.717, 1.165) is 73.0 Å². The van der Waals surface area contributed by atoms with Crippen molar-refractivity contribution in [1.82, 2.24) is 9.13 Å². The highest BCUT2D eigenvalue weighted by Crippen LogP contribution is 2.47. The number of hydrogen-bond donors (Lipinski definition) is 0. The Kier molecular flexibility index (Phi) is 9.32. The molecule has 2 nitrogen and oxygen atoms in total. The average molecular weight is 813 g/mol. The summed E-state index contributed by atoms with van der Waals surface area (Å²) in [6.45, 7) is 25.7. The molecular formula is C53H53F5N2. The molecule has 0 fully saturated rings. The van der Waals surface area contributed by atoms with Gasteiger partial charge < -0.3 is 9.13 Å². The highest BCUT2D eigenvalue weighted by molar-refractivity contribution is 6.12. The maximum atomic E-state index is 15.8. The monoisotopic (exact) mass is 812 g/mol. The summed E-state index contributed by atoms with van der Waals surface area (Å²) in [4.78, 5) is 0. The highest BCUT2D eigenvalue weighted by atomic mass is 19.4. The quantitative estimate of drug-likeness (QED) is 0.157. The predicted molar refractivity (Wildman–Crippen MR) is 240 cm³/mol. The molecule has 0 aliphatic carbocycles. The van der Waals surface area contributed by atoms with Gasteiger partial charge in [-0.1, -0.05) is 113 Å². The fourth-order valence-electron chi connectivity index (χ4n) is 8.56. The first-order valence-electron chi connectivity index (χ1n) is 20.6. The number of nitrogens with zero attached hydrogens (tertiary/aromatic N) is 2. The first kappa shape index (κ1) is 41.3. The smallest absolute Gasteiger partial charge is 0.307 e. The minimum atomic E-state index is -4.97. The third-order valence-electron chi connectivity index (χ3n) is 12.1. The van der Waals surface area contributed by atoms with Gasteiger partial charge in [0, 0.05) is 27.1 Å². The molecule has 0 unspecified atom stereocenters. The van der Waals surface area contributed by atoms with Crippen LogP contribution in [0.15, 0.2) is 103 Å². The minimum absolute atomic E-state index is 0.194. The van der Waals surface area contributed by atoms with Gasteiger partial charge in [0.15, 0.2) is 0 Å². The Morgan fingerprint density at radius 2 is 0.683 bits per heavy atom. The topological polar surface area (TPSA) is 9.86 Å². The number of halogens is 5. The zero-order chi connectivity index (χ0) is 43.6. The van der Waals surface area contributed by atoms with E-state index in [1.165, 1.54) is 12.1 Å². The molecule has 0 aliphatic rings. The van der Waals surface area contributed by atoms with Crippen LogP contribution in [-0.4, -0.2) is 9.13 Å². The van der Waals surface area contributed by atoms with E-state index < -0.39 is 34.5 Å². The highest BCUT2D eigenvalue weighted by Gasteiger charge is 2.38. The first-order valence-corrected chi connectivity index (χ1v) is 20.6. The van der Waals surface area contributed by atoms with E-state index in [1.54, 1.807) is 0 Å². The van der Waals surface area contributed by atoms with Crippen molar-refractivity contribution >= 4 is 43.6 Å². The number of alkyl halides is 3. The summed E-state index contributed by atoms with van der Waals surface area (Å²) >= 11 is 0. The molecule has 6 aromatic carbocycles. The van der Waals surface area contributed by atoms with Gasteiger partial charge in [0.2, 0.25) is 0 Å². The van der Waals surface area contributed by atoms with Gasteiger partial charge in [-0.05, 0) is 117 Å². The molecule has 7 heteroatoms. The molecule has 0 aliphatic heterocycles. The zero-order valence-corrected chi connectivity index (χ0v) is 36.6. The Labute approximate surface area is 349 Å². The molecule has 0 radical (unpaired) electrons. The van der Waals surface area contributed by atoms with Gasteiger partial charge in [-0.25, -0.2) is 8.78 Å². The summed E-state index contributed by atoms with van der Waals surface area (Å²) in [6.07, 6.45) is -4.97. The first-order chi connectivity index (χ1) is 27.7. The van der Waals surface area contributed by atoms with E-state index >= 15 is 22.0 Å². The van der Waals surface area contributed by atoms with Crippen molar-refractivity contribution in [2.24, 2.45) is 0 Å². The number of rotatable bonds is 3. The van der Waals surface area contributed by atoms with E-state index in [4.69, 9.17) is 0 Å². The Morgan fingerprint density at radius 1 is 0.383 bits per heavy atom. The van der Waals surface area contributed by atoms with E-state index in [0.29, 0.717) is 16.7 Å². The molecule has 0 spiro atoms. The Hall–Kier alpha value is -5.43. The Bertz CT molecular complexity index is 2860. The van der Waals surface area contributed by atoms with Gasteiger partial charge in [-0.2, -0.15) is 13.2 Å². The summed E-state index contributed by atoms with van der Waals surface area (Å²) in [7, 11) is 0. The van der Waals surface area contributed by atoms with Gasteiger partial charge in [0.05, 0.1) is 44.6 Å². The summed E-state index contributed by atoms with van der Waals surface area (Å²) in [6, 6.07) is 30.5. The van der Waals surface area contributed by atoms with E-state index in [9.17, 15) is 0 Å². The molecule has 8 rings (SSSR count). The lowest BCUT2D eigenvalue weighted by molar-refractivity contribution is -0.137. The summed E-state index contributed by atoms with van der Waals surface area (Å²) in [5.74, 6) is -2.15. The summed E-state index contributed by atoms with van der Waals surface area (Å²) in [5.41, 5.74) is 4.68. The predicted octanol–water partition coefficient (Wildman–Crippen LogP) is 16.0. The molecule has 0 N–H and O–H groups in total. The van der Waals surface area contributed by atoms with Crippen LogP contribution < -0.4 is 0 Å². The van der Waals surface area contributed by atoms with Gasteiger partial charge in [0.1, 0.15) is 11.6 Å². The van der Waals surface area contributed by atoms with Crippen molar-refractivity contribution in [2.75, 3.05) is 0 Å². The van der Waals surface area contributed by atoms with Crippen LogP contribution in [0.25, 0.3) is 66.1 Å². The number of fused-ring (bicyclic) bond motifs is 6. The van der Waals surface area contributed by atoms with Crippen LogP contribution in [0.1, 0.15) is 111 Å². The summed E-state index contributed by atoms with van der Waals surface area (Å²) in [5, 5.41) is 3.66. The largest absolute Gasteiger partial charge is 0.417 e. The van der Waals surface area contributed by atoms with E-state index in [-0.39, 0.29) is 27.3 Å². The maximum Gasteiger partial charge on any atom is 0.417 e. The molecule has 0 saturated heterocycles. The molecule has 2 heterocycles. The molecule has 310 valence electrons. The third kappa shape index (κ3) is 6.88. The van der Waals surface area contributed by atoms with E-state index in [2.05, 4.69) is 119 Å². The second-order valence-electron chi connectivity index (χ2n) is 20.6. The molecule has 60 heavy (non-hydrogen) atoms. The molecule has 8 aromatic rings. The van der Waals surface area contributed by atoms with E-state index in [1.807, 2.05) is 45.5 Å². The second kappa shape index (κ2) is 13.5. The molecule has 0 saturated carbocycles. The summed E-state index contributed by atoms with van der Waals surface area (Å²) < 4.78 is 82.5. The normalized spacial score (nSPS) is 13.4. The SMILES string of the molecule is CC(C)(C)c1ccc2c(c1)c1cc(C(C)(C)C)ccc1n2-c1cc(-c2c(F)cccc2F)c(C(F)(F)F)cc1-n1c2ccc(C(C)(C)C)cc2c2cc(C(C)(C)C)ccc21. The average Bonchev–Trinajstić information content (AvgIpc) is 3.64. The molecule has 0 bridgehead atoms. The Balaban J connectivity index is 1.62. The van der Waals surface area contributed by atoms with Crippen LogP contribution in [0, 0.1) is 11.6 Å². The maximum absolute atomic E-state index is 15.8.